The predicted molar refractivity (Wildman–Crippen MR) is 62.1 cm³/mol. The Morgan fingerprint density at radius 2 is 1.65 bits per heavy atom. The molecule has 17 heavy (non-hydrogen) atoms. The van der Waals surface area contributed by atoms with E-state index < -0.39 is 12.4 Å². The molecule has 4 saturated carbocycles. The van der Waals surface area contributed by atoms with Crippen molar-refractivity contribution in [2.75, 3.05) is 0 Å². The van der Waals surface area contributed by atoms with Crippen molar-refractivity contribution in [2.24, 2.45) is 23.5 Å². The van der Waals surface area contributed by atoms with Crippen LogP contribution < -0.4 is 5.73 Å². The Labute approximate surface area is 102 Å². The monoisotopic (exact) mass is 239 g/mol. The van der Waals surface area contributed by atoms with Gasteiger partial charge in [0.15, 0.2) is 0 Å². The number of primary amides is 1. The Morgan fingerprint density at radius 3 is 2.06 bits per heavy atom. The third kappa shape index (κ3) is 2.15. The molecule has 4 rings (SSSR count). The highest BCUT2D eigenvalue weighted by atomic mass is 16.7. The molecule has 0 heterocycles. The number of carbonyl (C=O) groups is 1. The average molecular weight is 239 g/mol. The standard InChI is InChI=1S/C13H21NO3/c1-8(16-12(14)15)17-13-5-9-2-10(6-13)4-11(3-9)7-13/h8-11H,2-7H2,1H3,(H2,14,15). The van der Waals surface area contributed by atoms with E-state index in [9.17, 15) is 4.79 Å². The largest absolute Gasteiger partial charge is 0.420 e. The van der Waals surface area contributed by atoms with E-state index >= 15 is 0 Å². The van der Waals surface area contributed by atoms with Crippen LogP contribution in [0.4, 0.5) is 4.79 Å². The topological polar surface area (TPSA) is 61.5 Å². The zero-order chi connectivity index (χ0) is 12.0. The molecule has 0 aliphatic heterocycles. The fourth-order valence-electron chi connectivity index (χ4n) is 4.72. The molecule has 4 bridgehead atoms. The van der Waals surface area contributed by atoms with Crippen LogP contribution in [0.1, 0.15) is 45.4 Å². The molecule has 0 aromatic carbocycles. The van der Waals surface area contributed by atoms with E-state index in [1.165, 1.54) is 19.3 Å². The zero-order valence-corrected chi connectivity index (χ0v) is 10.4. The lowest BCUT2D eigenvalue weighted by Crippen LogP contribution is -2.53. The summed E-state index contributed by atoms with van der Waals surface area (Å²) >= 11 is 0. The van der Waals surface area contributed by atoms with Crippen molar-refractivity contribution >= 4 is 6.09 Å². The highest BCUT2D eigenvalue weighted by Crippen LogP contribution is 2.57. The number of amides is 1. The van der Waals surface area contributed by atoms with Crippen molar-refractivity contribution in [3.63, 3.8) is 0 Å². The molecule has 2 N–H and O–H groups in total. The first-order chi connectivity index (χ1) is 8.05. The molecule has 4 nitrogen and oxygen atoms in total. The molecule has 4 fully saturated rings. The number of rotatable bonds is 3. The van der Waals surface area contributed by atoms with Crippen molar-refractivity contribution in [3.05, 3.63) is 0 Å². The number of nitrogens with two attached hydrogens (primary N) is 1. The lowest BCUT2D eigenvalue weighted by molar-refractivity contribution is -0.232. The van der Waals surface area contributed by atoms with Gasteiger partial charge in [-0.1, -0.05) is 0 Å². The summed E-state index contributed by atoms with van der Waals surface area (Å²) < 4.78 is 10.9. The van der Waals surface area contributed by atoms with Gasteiger partial charge in [-0.2, -0.15) is 0 Å². The minimum absolute atomic E-state index is 0.0242. The van der Waals surface area contributed by atoms with Gasteiger partial charge in [-0.25, -0.2) is 4.79 Å². The molecule has 1 unspecified atom stereocenters. The maximum absolute atomic E-state index is 10.7. The Bertz CT molecular complexity index is 293. The van der Waals surface area contributed by atoms with E-state index in [1.54, 1.807) is 6.92 Å². The summed E-state index contributed by atoms with van der Waals surface area (Å²) in [5, 5.41) is 0. The summed E-state index contributed by atoms with van der Waals surface area (Å²) in [5.74, 6) is 2.51. The number of hydrogen-bond acceptors (Lipinski definition) is 3. The Kier molecular flexibility index (Phi) is 2.58. The summed E-state index contributed by atoms with van der Waals surface area (Å²) in [6.45, 7) is 1.77. The third-order valence-corrected chi connectivity index (χ3v) is 4.68. The van der Waals surface area contributed by atoms with Gasteiger partial charge in [-0.3, -0.25) is 0 Å². The summed E-state index contributed by atoms with van der Waals surface area (Å²) in [5.41, 5.74) is 5.00. The van der Waals surface area contributed by atoms with Crippen molar-refractivity contribution in [1.29, 1.82) is 0 Å². The molecule has 4 aliphatic rings. The van der Waals surface area contributed by atoms with Crippen molar-refractivity contribution in [1.82, 2.24) is 0 Å². The fraction of sp³-hybridized carbons (Fsp3) is 0.923. The van der Waals surface area contributed by atoms with Gasteiger partial charge in [-0.15, -0.1) is 0 Å². The average Bonchev–Trinajstić information content (AvgIpc) is 2.11. The highest BCUT2D eigenvalue weighted by molar-refractivity contribution is 5.64. The molecule has 4 aliphatic carbocycles. The van der Waals surface area contributed by atoms with Crippen LogP contribution in [0.2, 0.25) is 0 Å². The van der Waals surface area contributed by atoms with E-state index in [0.29, 0.717) is 0 Å². The number of carbonyl (C=O) groups excluding carboxylic acids is 1. The molecular formula is C13H21NO3. The first kappa shape index (κ1) is 11.3. The molecule has 0 aromatic rings. The second kappa shape index (κ2) is 3.87. The quantitative estimate of drug-likeness (QED) is 0.769. The van der Waals surface area contributed by atoms with Crippen LogP contribution >= 0.6 is 0 Å². The molecule has 0 radical (unpaired) electrons. The van der Waals surface area contributed by atoms with E-state index in [2.05, 4.69) is 0 Å². The maximum Gasteiger partial charge on any atom is 0.406 e. The first-order valence-corrected chi connectivity index (χ1v) is 6.68. The van der Waals surface area contributed by atoms with Gasteiger partial charge in [0.1, 0.15) is 0 Å². The van der Waals surface area contributed by atoms with E-state index in [-0.39, 0.29) is 5.60 Å². The molecule has 96 valence electrons. The molecule has 4 heteroatoms. The summed E-state index contributed by atoms with van der Waals surface area (Å²) in [7, 11) is 0. The molecule has 1 amide bonds. The van der Waals surface area contributed by atoms with Gasteiger partial charge in [0.2, 0.25) is 6.29 Å². The van der Waals surface area contributed by atoms with Crippen LogP contribution in [0.25, 0.3) is 0 Å². The lowest BCUT2D eigenvalue weighted by Gasteiger charge is -2.56. The Balaban J connectivity index is 1.67. The molecule has 0 aromatic heterocycles. The van der Waals surface area contributed by atoms with E-state index in [1.807, 2.05) is 0 Å². The van der Waals surface area contributed by atoms with Gasteiger partial charge in [0, 0.05) is 0 Å². The molecule has 0 spiro atoms. The van der Waals surface area contributed by atoms with Crippen LogP contribution in [-0.4, -0.2) is 18.0 Å². The molecule has 0 saturated heterocycles. The van der Waals surface area contributed by atoms with Crippen LogP contribution in [0.15, 0.2) is 0 Å². The van der Waals surface area contributed by atoms with Crippen LogP contribution in [-0.2, 0) is 9.47 Å². The second-order valence-corrected chi connectivity index (χ2v) is 6.22. The number of hydrogen-bond donors (Lipinski definition) is 1. The lowest BCUT2D eigenvalue weighted by atomic mass is 9.54. The molecular weight excluding hydrogens is 218 g/mol. The summed E-state index contributed by atoms with van der Waals surface area (Å²) in [4.78, 5) is 10.7. The van der Waals surface area contributed by atoms with Crippen molar-refractivity contribution in [2.45, 2.75) is 57.3 Å². The molecule has 1 atom stereocenters. The minimum Gasteiger partial charge on any atom is -0.420 e. The van der Waals surface area contributed by atoms with E-state index in [4.69, 9.17) is 15.2 Å². The normalized spacial score (nSPS) is 44.6. The predicted octanol–water partition coefficient (Wildman–Crippen LogP) is 2.41. The fourth-order valence-corrected chi connectivity index (χ4v) is 4.72. The van der Waals surface area contributed by atoms with Gasteiger partial charge in [0.25, 0.3) is 0 Å². The smallest absolute Gasteiger partial charge is 0.406 e. The minimum atomic E-state index is -0.748. The van der Waals surface area contributed by atoms with Crippen molar-refractivity contribution in [3.8, 4) is 0 Å². The first-order valence-electron chi connectivity index (χ1n) is 6.68. The van der Waals surface area contributed by atoms with Gasteiger partial charge in [-0.05, 0) is 63.2 Å². The Hall–Kier alpha value is -0.770. The maximum atomic E-state index is 10.7. The Morgan fingerprint density at radius 1 is 1.18 bits per heavy atom. The van der Waals surface area contributed by atoms with Crippen LogP contribution in [0.5, 0.6) is 0 Å². The van der Waals surface area contributed by atoms with Crippen molar-refractivity contribution < 1.29 is 14.3 Å². The van der Waals surface area contributed by atoms with Crippen LogP contribution in [0, 0.1) is 17.8 Å². The van der Waals surface area contributed by atoms with Gasteiger partial charge in [0.05, 0.1) is 5.60 Å². The number of ether oxygens (including phenoxy) is 2. The van der Waals surface area contributed by atoms with E-state index in [0.717, 1.165) is 37.0 Å². The van der Waals surface area contributed by atoms with Crippen LogP contribution in [0.3, 0.4) is 0 Å². The summed E-state index contributed by atoms with van der Waals surface area (Å²) in [6.07, 6.45) is 6.32. The highest BCUT2D eigenvalue weighted by Gasteiger charge is 2.52. The zero-order valence-electron chi connectivity index (χ0n) is 10.4. The van der Waals surface area contributed by atoms with Gasteiger partial charge >= 0.3 is 6.09 Å². The third-order valence-electron chi connectivity index (χ3n) is 4.68. The summed E-state index contributed by atoms with van der Waals surface area (Å²) in [6, 6.07) is 0. The van der Waals surface area contributed by atoms with Gasteiger partial charge < -0.3 is 15.2 Å². The second-order valence-electron chi connectivity index (χ2n) is 6.22. The SMILES string of the molecule is CC(OC(N)=O)OC12CC3CC(CC(C3)C1)C2.